The molecule has 0 aromatic heterocycles. The Morgan fingerprint density at radius 2 is 0.907 bits per heavy atom. The quantitative estimate of drug-likeness (QED) is 0.0195. The molecule has 11 nitrogen and oxygen atoms in total. The number of hydrogen-bond acceptors (Lipinski definition) is 10. The molecule has 0 bridgehead atoms. The van der Waals surface area contributed by atoms with Gasteiger partial charge in [0.15, 0.2) is 6.29 Å². The number of carbonyl (C=O) groups excluding carboxylic acids is 2. The summed E-state index contributed by atoms with van der Waals surface area (Å²) in [4.78, 5) is 25.0. The highest BCUT2D eigenvalue weighted by molar-refractivity contribution is 5.76. The van der Waals surface area contributed by atoms with Crippen molar-refractivity contribution >= 4 is 11.9 Å². The summed E-state index contributed by atoms with van der Waals surface area (Å²) in [5.74, 6) is -0.245. The number of aliphatic hydroxyl groups excluding tert-OH is 5. The van der Waals surface area contributed by atoms with E-state index in [1.54, 1.807) is 6.08 Å². The molecule has 1 fully saturated rings. The second-order valence-corrected chi connectivity index (χ2v) is 21.8. The van der Waals surface area contributed by atoms with Crippen molar-refractivity contribution in [3.05, 3.63) is 48.6 Å². The van der Waals surface area contributed by atoms with E-state index in [-0.39, 0.29) is 18.5 Å². The molecule has 7 unspecified atom stereocenters. The highest BCUT2D eigenvalue weighted by Crippen LogP contribution is 2.23. The molecule has 7 atom stereocenters. The van der Waals surface area contributed by atoms with Crippen LogP contribution in [0.4, 0.5) is 0 Å². The van der Waals surface area contributed by atoms with Crippen LogP contribution >= 0.6 is 0 Å². The number of rotatable bonds is 54. The van der Waals surface area contributed by atoms with Crippen LogP contribution in [0.2, 0.25) is 0 Å². The molecule has 1 aliphatic rings. The Labute approximate surface area is 459 Å². The Hall–Kier alpha value is -2.38. The van der Waals surface area contributed by atoms with Gasteiger partial charge in [-0.05, 0) is 64.2 Å². The highest BCUT2D eigenvalue weighted by Gasteiger charge is 2.44. The molecule has 1 rings (SSSR count). The van der Waals surface area contributed by atoms with Crippen LogP contribution in [-0.4, -0.2) is 100 Å². The van der Waals surface area contributed by atoms with Gasteiger partial charge in [-0.3, -0.25) is 9.59 Å². The molecule has 1 saturated heterocycles. The second-order valence-electron chi connectivity index (χ2n) is 21.8. The minimum atomic E-state index is -1.58. The summed E-state index contributed by atoms with van der Waals surface area (Å²) in [6.07, 6.45) is 57.9. The summed E-state index contributed by atoms with van der Waals surface area (Å²) in [6, 6.07) is -0.832. The number of ether oxygens (including phenoxy) is 3. The molecule has 438 valence electrons. The molecule has 0 spiro atoms. The fourth-order valence-corrected chi connectivity index (χ4v) is 9.70. The molecular formula is C64H117NO10. The first-order chi connectivity index (χ1) is 36.7. The van der Waals surface area contributed by atoms with Gasteiger partial charge in [0, 0.05) is 12.8 Å². The van der Waals surface area contributed by atoms with Crippen LogP contribution in [0.15, 0.2) is 48.6 Å². The maximum Gasteiger partial charge on any atom is 0.305 e. The molecule has 11 heteroatoms. The van der Waals surface area contributed by atoms with Gasteiger partial charge < -0.3 is 45.1 Å². The van der Waals surface area contributed by atoms with Gasteiger partial charge in [-0.15, -0.1) is 0 Å². The minimum absolute atomic E-state index is 0.0494. The van der Waals surface area contributed by atoms with Crippen LogP contribution in [0.5, 0.6) is 0 Å². The number of allylic oxidation sites excluding steroid dienone is 6. The number of amides is 1. The molecule has 6 N–H and O–H groups in total. The van der Waals surface area contributed by atoms with E-state index in [9.17, 15) is 35.1 Å². The predicted molar refractivity (Wildman–Crippen MR) is 310 cm³/mol. The molecule has 0 aromatic carbocycles. The summed E-state index contributed by atoms with van der Waals surface area (Å²) >= 11 is 0. The van der Waals surface area contributed by atoms with E-state index in [1.807, 2.05) is 6.08 Å². The van der Waals surface area contributed by atoms with Gasteiger partial charge in [0.25, 0.3) is 0 Å². The zero-order valence-corrected chi connectivity index (χ0v) is 48.3. The maximum absolute atomic E-state index is 13.1. The third-order valence-corrected chi connectivity index (χ3v) is 14.7. The minimum Gasteiger partial charge on any atom is -0.465 e. The summed E-state index contributed by atoms with van der Waals surface area (Å²) < 4.78 is 16.6. The summed E-state index contributed by atoms with van der Waals surface area (Å²) in [6.45, 7) is 4.22. The molecule has 1 heterocycles. The Bertz CT molecular complexity index is 1390. The smallest absolute Gasteiger partial charge is 0.305 e. The predicted octanol–water partition coefficient (Wildman–Crippen LogP) is 14.8. The van der Waals surface area contributed by atoms with Crippen LogP contribution in [0, 0.1) is 0 Å². The van der Waals surface area contributed by atoms with Gasteiger partial charge in [-0.1, -0.05) is 255 Å². The number of carbonyl (C=O) groups is 2. The van der Waals surface area contributed by atoms with E-state index in [1.165, 1.54) is 180 Å². The lowest BCUT2D eigenvalue weighted by atomic mass is 9.99. The number of nitrogens with one attached hydrogen (secondary N) is 1. The van der Waals surface area contributed by atoms with Crippen LogP contribution in [0.1, 0.15) is 284 Å². The Morgan fingerprint density at radius 1 is 0.493 bits per heavy atom. The van der Waals surface area contributed by atoms with Crippen LogP contribution in [-0.2, 0) is 23.8 Å². The summed E-state index contributed by atoms with van der Waals surface area (Å²) in [7, 11) is 0. The molecule has 0 aromatic rings. The molecule has 1 amide bonds. The largest absolute Gasteiger partial charge is 0.465 e. The molecule has 75 heavy (non-hydrogen) atoms. The lowest BCUT2D eigenvalue weighted by molar-refractivity contribution is -0.302. The summed E-state index contributed by atoms with van der Waals surface area (Å²) in [5, 5.41) is 54.4. The van der Waals surface area contributed by atoms with Crippen LogP contribution < -0.4 is 5.32 Å². The van der Waals surface area contributed by atoms with E-state index in [0.717, 1.165) is 77.0 Å². The fraction of sp³-hybridized carbons (Fsp3) is 0.844. The van der Waals surface area contributed by atoms with Gasteiger partial charge >= 0.3 is 5.97 Å². The number of aliphatic hydroxyl groups is 5. The zero-order chi connectivity index (χ0) is 54.5. The van der Waals surface area contributed by atoms with Crippen molar-refractivity contribution in [2.24, 2.45) is 0 Å². The fourth-order valence-electron chi connectivity index (χ4n) is 9.70. The lowest BCUT2D eigenvalue weighted by Crippen LogP contribution is -2.60. The summed E-state index contributed by atoms with van der Waals surface area (Å²) in [5.41, 5.74) is 0. The zero-order valence-electron chi connectivity index (χ0n) is 48.3. The molecule has 1 aliphatic heterocycles. The first-order valence-corrected chi connectivity index (χ1v) is 31.4. The van der Waals surface area contributed by atoms with Crippen molar-refractivity contribution in [3.63, 3.8) is 0 Å². The second kappa shape index (κ2) is 53.6. The average molecular weight is 1060 g/mol. The average Bonchev–Trinajstić information content (AvgIpc) is 3.41. The van der Waals surface area contributed by atoms with Crippen molar-refractivity contribution < 1.29 is 49.3 Å². The number of hydrogen-bond donors (Lipinski definition) is 6. The third-order valence-electron chi connectivity index (χ3n) is 14.7. The van der Waals surface area contributed by atoms with E-state index >= 15 is 0 Å². The van der Waals surface area contributed by atoms with Crippen molar-refractivity contribution in [2.75, 3.05) is 19.8 Å². The Kier molecular flexibility index (Phi) is 50.5. The standard InChI is InChI=1S/C64H117NO10/c1-3-5-7-9-11-13-15-16-24-27-31-34-38-42-46-50-57(67)56(55-74-64-63(72)62(71)61(70)58(54-66)75-64)65-59(68)51-47-43-39-35-32-28-25-22-20-18-17-19-21-23-26-29-33-37-41-45-49-53-73-60(69)52-48-44-40-36-30-14-12-10-8-6-4-2/h29,31,33-34,41,45-46,50,56-58,61-64,66-67,70-72H,3-28,30,32,35-40,42-44,47-49,51-55H2,1-2H3,(H,65,68)/b33-29-,34-31+,45-41-,50-46+. The lowest BCUT2D eigenvalue weighted by Gasteiger charge is -2.40. The van der Waals surface area contributed by atoms with E-state index in [4.69, 9.17) is 14.2 Å². The number of esters is 1. The molecule has 0 radical (unpaired) electrons. The number of unbranched alkanes of at least 4 members (excludes halogenated alkanes) is 34. The molecular weight excluding hydrogens is 943 g/mol. The van der Waals surface area contributed by atoms with Gasteiger partial charge in [0.05, 0.1) is 32.0 Å². The van der Waals surface area contributed by atoms with Gasteiger partial charge in [-0.25, -0.2) is 0 Å². The third kappa shape index (κ3) is 43.2. The van der Waals surface area contributed by atoms with E-state index in [2.05, 4.69) is 55.6 Å². The van der Waals surface area contributed by atoms with E-state index < -0.39 is 49.5 Å². The van der Waals surface area contributed by atoms with Gasteiger partial charge in [0.1, 0.15) is 24.4 Å². The van der Waals surface area contributed by atoms with Crippen LogP contribution in [0.25, 0.3) is 0 Å². The highest BCUT2D eigenvalue weighted by atomic mass is 16.7. The van der Waals surface area contributed by atoms with Crippen molar-refractivity contribution in [1.82, 2.24) is 5.32 Å². The Balaban J connectivity index is 2.12. The Morgan fingerprint density at radius 3 is 1.40 bits per heavy atom. The first-order valence-electron chi connectivity index (χ1n) is 31.4. The SMILES string of the molecule is CCCCCCCCCCC/C=C/CC/C=C/C(O)C(COC1OC(CO)C(O)C(O)C1O)NC(=O)CCCCCCCCCCCCCCCC/C=C\C/C=C\CCOC(=O)CCCCCCCCCCCCC. The topological polar surface area (TPSA) is 175 Å². The molecule has 0 saturated carbocycles. The first kappa shape index (κ1) is 70.6. The van der Waals surface area contributed by atoms with Crippen molar-refractivity contribution in [3.8, 4) is 0 Å². The monoisotopic (exact) mass is 1060 g/mol. The van der Waals surface area contributed by atoms with Crippen molar-refractivity contribution in [2.45, 2.75) is 326 Å². The van der Waals surface area contributed by atoms with Crippen molar-refractivity contribution in [1.29, 1.82) is 0 Å². The van der Waals surface area contributed by atoms with E-state index in [0.29, 0.717) is 19.4 Å². The maximum atomic E-state index is 13.1. The molecule has 0 aliphatic carbocycles. The van der Waals surface area contributed by atoms with Gasteiger partial charge in [0.2, 0.25) is 5.91 Å². The van der Waals surface area contributed by atoms with Gasteiger partial charge in [-0.2, -0.15) is 0 Å². The van der Waals surface area contributed by atoms with Crippen LogP contribution in [0.3, 0.4) is 0 Å². The normalized spacial score (nSPS) is 19.1.